The molecule has 134 valence electrons. The number of nitrogens with one attached hydrogen (secondary N) is 1. The van der Waals surface area contributed by atoms with Crippen LogP contribution < -0.4 is 10.2 Å². The average molecular weight is 362 g/mol. The van der Waals surface area contributed by atoms with E-state index in [4.69, 9.17) is 0 Å². The van der Waals surface area contributed by atoms with Gasteiger partial charge in [-0.25, -0.2) is 9.37 Å². The molecule has 1 aliphatic heterocycles. The van der Waals surface area contributed by atoms with Crippen molar-refractivity contribution in [1.82, 2.24) is 14.7 Å². The summed E-state index contributed by atoms with van der Waals surface area (Å²) < 4.78 is 17.4. The Labute approximate surface area is 151 Å². The standard InChI is InChI=1S/C18H23FN4OS/c1-2-9-20-17(24)14-4-3-10-23(12-14)18-21-16(22-25-18)11-13-5-7-15(19)8-6-13/h5-8,14H,2-4,9-12H2,1H3,(H,20,24)/t14-/m0/s1. The van der Waals surface area contributed by atoms with Gasteiger partial charge in [-0.1, -0.05) is 19.1 Å². The molecule has 1 atom stereocenters. The lowest BCUT2D eigenvalue weighted by atomic mass is 9.97. The normalized spacial score (nSPS) is 17.5. The highest BCUT2D eigenvalue weighted by molar-refractivity contribution is 7.09. The molecule has 0 unspecified atom stereocenters. The van der Waals surface area contributed by atoms with Crippen molar-refractivity contribution in [1.29, 1.82) is 0 Å². The van der Waals surface area contributed by atoms with E-state index in [0.29, 0.717) is 13.0 Å². The van der Waals surface area contributed by atoms with Gasteiger partial charge in [0.1, 0.15) is 11.6 Å². The van der Waals surface area contributed by atoms with Crippen molar-refractivity contribution in [2.75, 3.05) is 24.5 Å². The smallest absolute Gasteiger partial charge is 0.224 e. The van der Waals surface area contributed by atoms with Gasteiger partial charge in [0.15, 0.2) is 0 Å². The van der Waals surface area contributed by atoms with Gasteiger partial charge in [0.05, 0.1) is 5.92 Å². The predicted octanol–water partition coefficient (Wildman–Crippen LogP) is 3.01. The first kappa shape index (κ1) is 17.8. The van der Waals surface area contributed by atoms with Crippen LogP contribution in [0.2, 0.25) is 0 Å². The number of piperidine rings is 1. The Balaban J connectivity index is 1.61. The number of amides is 1. The van der Waals surface area contributed by atoms with Gasteiger partial charge in [0.25, 0.3) is 0 Å². The Morgan fingerprint density at radius 3 is 2.96 bits per heavy atom. The number of nitrogens with zero attached hydrogens (tertiary/aromatic N) is 3. The van der Waals surface area contributed by atoms with Crippen molar-refractivity contribution in [3.05, 3.63) is 41.5 Å². The van der Waals surface area contributed by atoms with Crippen LogP contribution >= 0.6 is 11.5 Å². The number of rotatable bonds is 6. The monoisotopic (exact) mass is 362 g/mol. The third kappa shape index (κ3) is 4.75. The van der Waals surface area contributed by atoms with Crippen LogP contribution in [0, 0.1) is 11.7 Å². The second kappa shape index (κ2) is 8.38. The first-order valence-corrected chi connectivity index (χ1v) is 9.52. The first-order chi connectivity index (χ1) is 12.2. The van der Waals surface area contributed by atoms with E-state index in [9.17, 15) is 9.18 Å². The minimum atomic E-state index is -0.239. The average Bonchev–Trinajstić information content (AvgIpc) is 3.10. The van der Waals surface area contributed by atoms with E-state index >= 15 is 0 Å². The molecule has 1 aliphatic rings. The highest BCUT2D eigenvalue weighted by Gasteiger charge is 2.27. The molecule has 2 aromatic rings. The zero-order chi connectivity index (χ0) is 17.6. The summed E-state index contributed by atoms with van der Waals surface area (Å²) in [7, 11) is 0. The largest absolute Gasteiger partial charge is 0.356 e. The van der Waals surface area contributed by atoms with Crippen LogP contribution in [-0.4, -0.2) is 34.9 Å². The predicted molar refractivity (Wildman–Crippen MR) is 97.4 cm³/mol. The minimum absolute atomic E-state index is 0.0183. The third-order valence-corrected chi connectivity index (χ3v) is 5.16. The lowest BCUT2D eigenvalue weighted by Crippen LogP contribution is -2.43. The van der Waals surface area contributed by atoms with Gasteiger partial charge in [-0.05, 0) is 37.0 Å². The SMILES string of the molecule is CCCNC(=O)[C@H]1CCCN(c2nc(Cc3ccc(F)cc3)ns2)C1. The lowest BCUT2D eigenvalue weighted by Gasteiger charge is -2.31. The van der Waals surface area contributed by atoms with E-state index < -0.39 is 0 Å². The Morgan fingerprint density at radius 2 is 2.20 bits per heavy atom. The van der Waals surface area contributed by atoms with Crippen molar-refractivity contribution < 1.29 is 9.18 Å². The number of hydrogen-bond acceptors (Lipinski definition) is 5. The fourth-order valence-electron chi connectivity index (χ4n) is 2.99. The van der Waals surface area contributed by atoms with Gasteiger partial charge in [0, 0.05) is 37.6 Å². The zero-order valence-electron chi connectivity index (χ0n) is 14.4. The van der Waals surface area contributed by atoms with Gasteiger partial charge in [-0.3, -0.25) is 4.79 Å². The van der Waals surface area contributed by atoms with E-state index in [1.165, 1.54) is 23.7 Å². The molecular formula is C18H23FN4OS. The number of aromatic nitrogens is 2. The summed E-state index contributed by atoms with van der Waals surface area (Å²) >= 11 is 1.37. The molecule has 0 radical (unpaired) electrons. The van der Waals surface area contributed by atoms with E-state index in [1.807, 2.05) is 0 Å². The summed E-state index contributed by atoms with van der Waals surface area (Å²) in [6, 6.07) is 6.41. The van der Waals surface area contributed by atoms with Gasteiger partial charge >= 0.3 is 0 Å². The summed E-state index contributed by atoms with van der Waals surface area (Å²) in [5.74, 6) is 0.660. The van der Waals surface area contributed by atoms with Crippen LogP contribution in [0.1, 0.15) is 37.6 Å². The van der Waals surface area contributed by atoms with Gasteiger partial charge in [-0.15, -0.1) is 0 Å². The van der Waals surface area contributed by atoms with Crippen molar-refractivity contribution >= 4 is 22.6 Å². The molecular weight excluding hydrogens is 339 g/mol. The Bertz CT molecular complexity index is 703. The molecule has 1 N–H and O–H groups in total. The van der Waals surface area contributed by atoms with Gasteiger partial charge < -0.3 is 10.2 Å². The number of anilines is 1. The van der Waals surface area contributed by atoms with Crippen LogP contribution in [-0.2, 0) is 11.2 Å². The molecule has 1 aromatic carbocycles. The number of halogens is 1. The molecule has 3 rings (SSSR count). The molecule has 25 heavy (non-hydrogen) atoms. The van der Waals surface area contributed by atoms with E-state index in [0.717, 1.165) is 48.9 Å². The second-order valence-electron chi connectivity index (χ2n) is 6.37. The van der Waals surface area contributed by atoms with Crippen molar-refractivity contribution in [2.45, 2.75) is 32.6 Å². The van der Waals surface area contributed by atoms with Crippen LogP contribution in [0.25, 0.3) is 0 Å². The lowest BCUT2D eigenvalue weighted by molar-refractivity contribution is -0.125. The van der Waals surface area contributed by atoms with Crippen molar-refractivity contribution in [2.24, 2.45) is 5.92 Å². The fraction of sp³-hybridized carbons (Fsp3) is 0.500. The Kier molecular flexibility index (Phi) is 5.96. The molecule has 7 heteroatoms. The summed E-state index contributed by atoms with van der Waals surface area (Å²) in [6.07, 6.45) is 3.45. The van der Waals surface area contributed by atoms with E-state index in [1.54, 1.807) is 12.1 Å². The molecule has 2 heterocycles. The third-order valence-electron chi connectivity index (χ3n) is 4.34. The summed E-state index contributed by atoms with van der Waals surface area (Å²) in [5.41, 5.74) is 0.987. The number of benzene rings is 1. The quantitative estimate of drug-likeness (QED) is 0.858. The molecule has 1 amide bonds. The maximum atomic E-state index is 13.0. The highest BCUT2D eigenvalue weighted by atomic mass is 32.1. The minimum Gasteiger partial charge on any atom is -0.356 e. The summed E-state index contributed by atoms with van der Waals surface area (Å²) in [4.78, 5) is 19.0. The van der Waals surface area contributed by atoms with Crippen LogP contribution in [0.3, 0.4) is 0 Å². The molecule has 0 aliphatic carbocycles. The van der Waals surface area contributed by atoms with Gasteiger partial charge in [0.2, 0.25) is 11.0 Å². The zero-order valence-corrected chi connectivity index (χ0v) is 15.2. The van der Waals surface area contributed by atoms with E-state index in [-0.39, 0.29) is 17.6 Å². The van der Waals surface area contributed by atoms with Crippen LogP contribution in [0.15, 0.2) is 24.3 Å². The van der Waals surface area contributed by atoms with E-state index in [2.05, 4.69) is 26.5 Å². The fourth-order valence-corrected chi connectivity index (χ4v) is 3.71. The maximum absolute atomic E-state index is 13.0. The molecule has 0 bridgehead atoms. The molecule has 0 saturated carbocycles. The molecule has 1 aromatic heterocycles. The van der Waals surface area contributed by atoms with Crippen LogP contribution in [0.5, 0.6) is 0 Å². The number of carbonyl (C=O) groups is 1. The van der Waals surface area contributed by atoms with Gasteiger partial charge in [-0.2, -0.15) is 4.37 Å². The van der Waals surface area contributed by atoms with Crippen molar-refractivity contribution in [3.63, 3.8) is 0 Å². The number of carbonyl (C=O) groups excluding carboxylic acids is 1. The topological polar surface area (TPSA) is 58.1 Å². The molecule has 1 saturated heterocycles. The summed E-state index contributed by atoms with van der Waals surface area (Å²) in [6.45, 7) is 4.39. The maximum Gasteiger partial charge on any atom is 0.224 e. The highest BCUT2D eigenvalue weighted by Crippen LogP contribution is 2.25. The molecule has 5 nitrogen and oxygen atoms in total. The second-order valence-corrected chi connectivity index (χ2v) is 7.10. The molecule has 0 spiro atoms. The number of hydrogen-bond donors (Lipinski definition) is 1. The first-order valence-electron chi connectivity index (χ1n) is 8.75. The summed E-state index contributed by atoms with van der Waals surface area (Å²) in [5, 5.41) is 3.85. The molecule has 1 fully saturated rings. The van der Waals surface area contributed by atoms with Crippen LogP contribution in [0.4, 0.5) is 9.52 Å². The Hall–Kier alpha value is -2.02. The Morgan fingerprint density at radius 1 is 1.40 bits per heavy atom. The van der Waals surface area contributed by atoms with Crippen molar-refractivity contribution in [3.8, 4) is 0 Å².